The van der Waals surface area contributed by atoms with E-state index in [-0.39, 0.29) is 17.8 Å². The van der Waals surface area contributed by atoms with Gasteiger partial charge in [-0.2, -0.15) is 0 Å². The molecule has 1 aliphatic rings. The maximum atomic E-state index is 12.0. The molecule has 0 unspecified atom stereocenters. The lowest BCUT2D eigenvalue weighted by Crippen LogP contribution is -2.41. The molecular formula is C25H28O5. The average molecular weight is 408 g/mol. The summed E-state index contributed by atoms with van der Waals surface area (Å²) in [4.78, 5) is 12.0. The molecule has 2 aromatic carbocycles. The molecule has 5 nitrogen and oxygen atoms in total. The highest BCUT2D eigenvalue weighted by molar-refractivity contribution is 5.89. The first-order chi connectivity index (χ1) is 14.7. The van der Waals surface area contributed by atoms with Gasteiger partial charge in [0.05, 0.1) is 32.0 Å². The Balaban J connectivity index is 1.63. The molecule has 2 aromatic rings. The van der Waals surface area contributed by atoms with Crippen molar-refractivity contribution < 1.29 is 23.7 Å². The van der Waals surface area contributed by atoms with E-state index in [1.807, 2.05) is 66.7 Å². The molecule has 1 heterocycles. The lowest BCUT2D eigenvalue weighted by molar-refractivity contribution is -0.143. The van der Waals surface area contributed by atoms with Crippen LogP contribution >= 0.6 is 0 Å². The van der Waals surface area contributed by atoms with Gasteiger partial charge in [0.2, 0.25) is 0 Å². The van der Waals surface area contributed by atoms with Crippen molar-refractivity contribution in [3.8, 4) is 0 Å². The lowest BCUT2D eigenvalue weighted by Gasteiger charge is -2.32. The van der Waals surface area contributed by atoms with E-state index in [9.17, 15) is 4.79 Å². The Kier molecular flexibility index (Phi) is 8.39. The number of esters is 1. The molecule has 1 aliphatic heterocycles. The smallest absolute Gasteiger partial charge is 0.336 e. The van der Waals surface area contributed by atoms with Gasteiger partial charge in [-0.1, -0.05) is 79.4 Å². The highest BCUT2D eigenvalue weighted by Crippen LogP contribution is 2.23. The summed E-state index contributed by atoms with van der Waals surface area (Å²) >= 11 is 0. The topological polar surface area (TPSA) is 54.0 Å². The van der Waals surface area contributed by atoms with Gasteiger partial charge in [0.15, 0.2) is 0 Å². The predicted octanol–water partition coefficient (Wildman–Crippen LogP) is 4.23. The van der Waals surface area contributed by atoms with Gasteiger partial charge in [-0.3, -0.25) is 0 Å². The summed E-state index contributed by atoms with van der Waals surface area (Å²) in [7, 11) is 0. The van der Waals surface area contributed by atoms with Crippen LogP contribution in [-0.2, 0) is 37.0 Å². The van der Waals surface area contributed by atoms with Crippen LogP contribution in [0.15, 0.2) is 85.0 Å². The standard InChI is InChI=1S/C25H28O5/c1-3-28-25(26)19(2)22-14-15-23(29-17-21-12-8-5-9-13-21)24(30-22)18-27-16-20-10-6-4-7-11-20/h4-15,22-24H,2-3,16-18H2,1H3/t22-,23+,24-/m1/s1. The summed E-state index contributed by atoms with van der Waals surface area (Å²) in [6.07, 6.45) is 2.47. The van der Waals surface area contributed by atoms with Crippen LogP contribution in [0.3, 0.4) is 0 Å². The van der Waals surface area contributed by atoms with E-state index in [1.165, 1.54) is 0 Å². The highest BCUT2D eigenvalue weighted by Gasteiger charge is 2.31. The van der Waals surface area contributed by atoms with Gasteiger partial charge in [0, 0.05) is 0 Å². The largest absolute Gasteiger partial charge is 0.463 e. The zero-order chi connectivity index (χ0) is 21.2. The molecule has 0 spiro atoms. The molecule has 0 fully saturated rings. The first kappa shape index (κ1) is 22.0. The van der Waals surface area contributed by atoms with E-state index < -0.39 is 12.1 Å². The monoisotopic (exact) mass is 408 g/mol. The molecule has 0 N–H and O–H groups in total. The Labute approximate surface area is 177 Å². The van der Waals surface area contributed by atoms with Crippen LogP contribution in [0.2, 0.25) is 0 Å². The van der Waals surface area contributed by atoms with Crippen molar-refractivity contribution in [1.29, 1.82) is 0 Å². The first-order valence-electron chi connectivity index (χ1n) is 10.1. The second-order valence-electron chi connectivity index (χ2n) is 6.99. The molecule has 0 saturated carbocycles. The maximum Gasteiger partial charge on any atom is 0.336 e. The van der Waals surface area contributed by atoms with E-state index in [4.69, 9.17) is 18.9 Å². The van der Waals surface area contributed by atoms with E-state index in [0.29, 0.717) is 26.4 Å². The normalized spacial score (nSPS) is 20.6. The van der Waals surface area contributed by atoms with Crippen LogP contribution < -0.4 is 0 Å². The fourth-order valence-electron chi connectivity index (χ4n) is 3.11. The Bertz CT molecular complexity index is 831. The lowest BCUT2D eigenvalue weighted by atomic mass is 10.0. The number of carbonyl (C=O) groups is 1. The number of ether oxygens (including phenoxy) is 4. The van der Waals surface area contributed by atoms with Gasteiger partial charge in [-0.25, -0.2) is 4.79 Å². The van der Waals surface area contributed by atoms with Crippen LogP contribution in [0.5, 0.6) is 0 Å². The minimum atomic E-state index is -0.564. The minimum absolute atomic E-state index is 0.266. The first-order valence-corrected chi connectivity index (χ1v) is 10.1. The molecular weight excluding hydrogens is 380 g/mol. The van der Waals surface area contributed by atoms with Crippen molar-refractivity contribution in [2.24, 2.45) is 0 Å². The fourth-order valence-corrected chi connectivity index (χ4v) is 3.11. The Morgan fingerprint density at radius 2 is 1.60 bits per heavy atom. The van der Waals surface area contributed by atoms with E-state index in [0.717, 1.165) is 11.1 Å². The summed E-state index contributed by atoms with van der Waals surface area (Å²) in [5.41, 5.74) is 2.42. The van der Waals surface area contributed by atoms with Crippen molar-refractivity contribution in [2.45, 2.75) is 38.4 Å². The summed E-state index contributed by atoms with van der Waals surface area (Å²) in [5, 5.41) is 0. The van der Waals surface area contributed by atoms with Crippen LogP contribution in [0.4, 0.5) is 0 Å². The van der Waals surface area contributed by atoms with E-state index in [2.05, 4.69) is 6.58 Å². The van der Waals surface area contributed by atoms with Crippen molar-refractivity contribution >= 4 is 5.97 Å². The van der Waals surface area contributed by atoms with E-state index >= 15 is 0 Å². The molecule has 3 rings (SSSR count). The van der Waals surface area contributed by atoms with Crippen molar-refractivity contribution in [3.63, 3.8) is 0 Å². The summed E-state index contributed by atoms with van der Waals surface area (Å²) in [6.45, 7) is 7.15. The fraction of sp³-hybridized carbons (Fsp3) is 0.320. The quantitative estimate of drug-likeness (QED) is 0.335. The third-order valence-electron chi connectivity index (χ3n) is 4.72. The Hall–Kier alpha value is -2.73. The Morgan fingerprint density at radius 1 is 0.967 bits per heavy atom. The molecule has 158 valence electrons. The van der Waals surface area contributed by atoms with Crippen molar-refractivity contribution in [3.05, 3.63) is 96.1 Å². The van der Waals surface area contributed by atoms with Gasteiger partial charge < -0.3 is 18.9 Å². The number of benzene rings is 2. The number of rotatable bonds is 10. The van der Waals surface area contributed by atoms with Gasteiger partial charge >= 0.3 is 5.97 Å². The van der Waals surface area contributed by atoms with Crippen molar-refractivity contribution in [2.75, 3.05) is 13.2 Å². The van der Waals surface area contributed by atoms with Crippen LogP contribution in [0.1, 0.15) is 18.1 Å². The molecule has 0 bridgehead atoms. The third kappa shape index (κ3) is 6.39. The highest BCUT2D eigenvalue weighted by atomic mass is 16.6. The third-order valence-corrected chi connectivity index (χ3v) is 4.72. The number of carbonyl (C=O) groups excluding carboxylic acids is 1. The van der Waals surface area contributed by atoms with Gasteiger partial charge in [-0.15, -0.1) is 0 Å². The maximum absolute atomic E-state index is 12.0. The second-order valence-corrected chi connectivity index (χ2v) is 6.99. The summed E-state index contributed by atoms with van der Waals surface area (Å²) < 4.78 is 23.1. The van der Waals surface area contributed by atoms with Gasteiger partial charge in [0.1, 0.15) is 18.3 Å². The second kappa shape index (κ2) is 11.5. The van der Waals surface area contributed by atoms with E-state index in [1.54, 1.807) is 13.0 Å². The molecule has 0 radical (unpaired) electrons. The van der Waals surface area contributed by atoms with Crippen LogP contribution in [-0.4, -0.2) is 37.5 Å². The molecule has 5 heteroatoms. The van der Waals surface area contributed by atoms with Gasteiger partial charge in [0.25, 0.3) is 0 Å². The summed E-state index contributed by atoms with van der Waals surface area (Å²) in [5.74, 6) is -0.459. The molecule has 0 aliphatic carbocycles. The molecule has 3 atom stereocenters. The molecule has 0 saturated heterocycles. The molecule has 30 heavy (non-hydrogen) atoms. The van der Waals surface area contributed by atoms with Gasteiger partial charge in [-0.05, 0) is 18.1 Å². The number of hydrogen-bond acceptors (Lipinski definition) is 5. The summed E-state index contributed by atoms with van der Waals surface area (Å²) in [6, 6.07) is 19.9. The van der Waals surface area contributed by atoms with Crippen LogP contribution in [0, 0.1) is 0 Å². The van der Waals surface area contributed by atoms with Crippen LogP contribution in [0.25, 0.3) is 0 Å². The minimum Gasteiger partial charge on any atom is -0.463 e. The zero-order valence-corrected chi connectivity index (χ0v) is 17.2. The molecule has 0 aromatic heterocycles. The predicted molar refractivity (Wildman–Crippen MR) is 115 cm³/mol. The van der Waals surface area contributed by atoms with Crippen molar-refractivity contribution in [1.82, 2.24) is 0 Å². The zero-order valence-electron chi connectivity index (χ0n) is 17.2. The number of hydrogen-bond donors (Lipinski definition) is 0. The Morgan fingerprint density at radius 3 is 2.23 bits per heavy atom. The SMILES string of the molecule is C=C(C(=O)OCC)[C@H]1C=C[C@H](OCc2ccccc2)[C@@H](COCc2ccccc2)O1. The molecule has 0 amide bonds. The average Bonchev–Trinajstić information content (AvgIpc) is 2.79.